The van der Waals surface area contributed by atoms with E-state index in [0.717, 1.165) is 0 Å². The molecule has 0 aliphatic carbocycles. The molecular formula is C2H6ClNNa2O3. The summed E-state index contributed by atoms with van der Waals surface area (Å²) in [6.45, 7) is 1.24. The minimum absolute atomic E-state index is 0. The van der Waals surface area contributed by atoms with Crippen molar-refractivity contribution in [3.05, 3.63) is 0 Å². The fraction of sp³-hybridized carbons (Fsp3) is 0.500. The maximum atomic E-state index is 9.47. The SMILES string of the molecule is CC(=O)ON.[Cl-].[Na+].[Na+].[OH-]. The molecular weight excluding hydrogens is 167 g/mol. The molecule has 0 radical (unpaired) electrons. The number of carbonyl (C=O) groups excluding carboxylic acids is 1. The summed E-state index contributed by atoms with van der Waals surface area (Å²) in [6, 6.07) is 0. The van der Waals surface area contributed by atoms with Gasteiger partial charge in [0.25, 0.3) is 0 Å². The van der Waals surface area contributed by atoms with Gasteiger partial charge < -0.3 is 22.7 Å². The van der Waals surface area contributed by atoms with Crippen LogP contribution >= 0.6 is 0 Å². The maximum absolute atomic E-state index is 9.47. The van der Waals surface area contributed by atoms with Crippen molar-refractivity contribution >= 4 is 5.97 Å². The Hall–Kier alpha value is 1.68. The Bertz CT molecular complexity index is 55.1. The van der Waals surface area contributed by atoms with Crippen LogP contribution in [0.5, 0.6) is 0 Å². The molecule has 0 fully saturated rings. The van der Waals surface area contributed by atoms with E-state index in [9.17, 15) is 4.79 Å². The number of rotatable bonds is 0. The summed E-state index contributed by atoms with van der Waals surface area (Å²) in [6.07, 6.45) is 0. The van der Waals surface area contributed by atoms with Gasteiger partial charge in [-0.15, -0.1) is 0 Å². The first-order valence-electron chi connectivity index (χ1n) is 1.14. The molecule has 7 heteroatoms. The second-order valence-corrected chi connectivity index (χ2v) is 0.609. The van der Waals surface area contributed by atoms with E-state index in [1.54, 1.807) is 0 Å². The van der Waals surface area contributed by atoms with E-state index in [1.807, 2.05) is 0 Å². The minimum Gasteiger partial charge on any atom is -1.00 e. The molecule has 0 unspecified atom stereocenters. The Labute approximate surface area is 104 Å². The van der Waals surface area contributed by atoms with Crippen LogP contribution in [0.15, 0.2) is 0 Å². The molecule has 0 atom stereocenters. The molecule has 0 aromatic carbocycles. The van der Waals surface area contributed by atoms with Crippen LogP contribution in [0.3, 0.4) is 0 Å². The van der Waals surface area contributed by atoms with Crippen molar-refractivity contribution in [3.8, 4) is 0 Å². The van der Waals surface area contributed by atoms with Crippen LogP contribution in [0.1, 0.15) is 6.92 Å². The van der Waals surface area contributed by atoms with Gasteiger partial charge in [0, 0.05) is 6.92 Å². The predicted octanol–water partition coefficient (Wildman–Crippen LogP) is -9.74. The molecule has 0 rings (SSSR count). The van der Waals surface area contributed by atoms with Crippen LogP contribution in [-0.2, 0) is 9.63 Å². The third-order valence-corrected chi connectivity index (χ3v) is 0.166. The zero-order valence-electron chi connectivity index (χ0n) is 5.72. The second-order valence-electron chi connectivity index (χ2n) is 0.609. The number of carbonyl (C=O) groups is 1. The summed E-state index contributed by atoms with van der Waals surface area (Å²) < 4.78 is 0. The van der Waals surface area contributed by atoms with Gasteiger partial charge in [0.15, 0.2) is 0 Å². The van der Waals surface area contributed by atoms with Gasteiger partial charge in [-0.1, -0.05) is 0 Å². The van der Waals surface area contributed by atoms with E-state index in [0.29, 0.717) is 0 Å². The van der Waals surface area contributed by atoms with E-state index in [4.69, 9.17) is 0 Å². The molecule has 0 spiro atoms. The molecule has 0 aliphatic heterocycles. The van der Waals surface area contributed by atoms with Crippen LogP contribution in [-0.4, -0.2) is 11.4 Å². The zero-order chi connectivity index (χ0) is 4.28. The molecule has 0 saturated heterocycles. The predicted molar refractivity (Wildman–Crippen MR) is 17.9 cm³/mol. The standard InChI is InChI=1S/C2H5NO2.ClH.2Na.H2O/c1-2(4)5-3;;;;/h3H2,1H3;1H;;;1H2/q;;2*+1;/p-2. The molecule has 0 saturated carbocycles. The number of nitrogens with two attached hydrogens (primary N) is 1. The van der Waals surface area contributed by atoms with Crippen LogP contribution in [0, 0.1) is 0 Å². The van der Waals surface area contributed by atoms with Crippen LogP contribution < -0.4 is 77.4 Å². The monoisotopic (exact) mass is 173 g/mol. The number of hydrogen-bond donors (Lipinski definition) is 1. The third-order valence-electron chi connectivity index (χ3n) is 0.166. The van der Waals surface area contributed by atoms with Gasteiger partial charge in [-0.05, 0) is 0 Å². The van der Waals surface area contributed by atoms with Gasteiger partial charge in [-0.2, -0.15) is 5.90 Å². The Balaban J connectivity index is -0.0000000133. The van der Waals surface area contributed by atoms with Crippen molar-refractivity contribution in [1.29, 1.82) is 0 Å². The number of hydrogen-bond acceptors (Lipinski definition) is 4. The third kappa shape index (κ3) is 42.2. The molecule has 0 amide bonds. The summed E-state index contributed by atoms with van der Waals surface area (Å²) >= 11 is 0. The largest absolute Gasteiger partial charge is 1.00 e. The van der Waals surface area contributed by atoms with Gasteiger partial charge in [-0.3, -0.25) is 4.79 Å². The fourth-order valence-corrected chi connectivity index (χ4v) is 0. The van der Waals surface area contributed by atoms with Gasteiger partial charge >= 0.3 is 65.1 Å². The quantitative estimate of drug-likeness (QED) is 0.291. The molecule has 0 aliphatic rings. The summed E-state index contributed by atoms with van der Waals surface area (Å²) in [7, 11) is 0. The Kier molecular flexibility index (Phi) is 77.9. The van der Waals surface area contributed by atoms with Crippen molar-refractivity contribution in [2.24, 2.45) is 5.90 Å². The van der Waals surface area contributed by atoms with Crippen molar-refractivity contribution in [1.82, 2.24) is 0 Å². The van der Waals surface area contributed by atoms with Crippen molar-refractivity contribution in [2.75, 3.05) is 0 Å². The van der Waals surface area contributed by atoms with E-state index >= 15 is 0 Å². The molecule has 0 aromatic rings. The first-order valence-corrected chi connectivity index (χ1v) is 1.14. The average molecular weight is 174 g/mol. The van der Waals surface area contributed by atoms with Crippen molar-refractivity contribution in [3.63, 3.8) is 0 Å². The topological polar surface area (TPSA) is 82.3 Å². The van der Waals surface area contributed by atoms with Crippen LogP contribution in [0.2, 0.25) is 0 Å². The van der Waals surface area contributed by atoms with E-state index < -0.39 is 5.97 Å². The van der Waals surface area contributed by atoms with E-state index in [-0.39, 0.29) is 77.0 Å². The van der Waals surface area contributed by atoms with Gasteiger partial charge in [-0.25, -0.2) is 0 Å². The first-order chi connectivity index (χ1) is 2.27. The molecule has 46 valence electrons. The Morgan fingerprint density at radius 1 is 1.44 bits per heavy atom. The Morgan fingerprint density at radius 3 is 1.56 bits per heavy atom. The van der Waals surface area contributed by atoms with Crippen molar-refractivity contribution < 1.29 is 86.6 Å². The summed E-state index contributed by atoms with van der Waals surface area (Å²) in [5, 5.41) is 0. The van der Waals surface area contributed by atoms with Crippen LogP contribution in [0.25, 0.3) is 0 Å². The summed E-state index contributed by atoms with van der Waals surface area (Å²) in [4.78, 5) is 13.1. The van der Waals surface area contributed by atoms with Crippen LogP contribution in [0.4, 0.5) is 0 Å². The minimum atomic E-state index is -0.468. The van der Waals surface area contributed by atoms with E-state index in [2.05, 4.69) is 10.7 Å². The average Bonchev–Trinajstić information content (AvgIpc) is 1.38. The smallest absolute Gasteiger partial charge is 1.00 e. The molecule has 9 heavy (non-hydrogen) atoms. The normalized spacial score (nSPS) is 3.78. The summed E-state index contributed by atoms with van der Waals surface area (Å²) in [5.41, 5.74) is 0. The summed E-state index contributed by atoms with van der Waals surface area (Å²) in [5.74, 6) is 3.85. The van der Waals surface area contributed by atoms with Gasteiger partial charge in [0.1, 0.15) is 0 Å². The van der Waals surface area contributed by atoms with E-state index in [1.165, 1.54) is 6.92 Å². The fourth-order valence-electron chi connectivity index (χ4n) is 0. The van der Waals surface area contributed by atoms with Gasteiger partial charge in [0.05, 0.1) is 0 Å². The van der Waals surface area contributed by atoms with Crippen molar-refractivity contribution in [2.45, 2.75) is 6.92 Å². The second kappa shape index (κ2) is 22.6. The molecule has 0 heterocycles. The first kappa shape index (κ1) is 31.0. The van der Waals surface area contributed by atoms with Gasteiger partial charge in [0.2, 0.25) is 0 Å². The molecule has 0 bridgehead atoms. The molecule has 3 N–H and O–H groups in total. The number of halogens is 1. The zero-order valence-corrected chi connectivity index (χ0v) is 10.5. The Morgan fingerprint density at radius 2 is 1.56 bits per heavy atom. The molecule has 0 aromatic heterocycles. The maximum Gasteiger partial charge on any atom is 1.00 e. The molecule has 4 nitrogen and oxygen atoms in total.